The van der Waals surface area contributed by atoms with Gasteiger partial charge in [-0.1, -0.05) is 11.6 Å². The van der Waals surface area contributed by atoms with E-state index in [0.29, 0.717) is 43.3 Å². The van der Waals surface area contributed by atoms with Gasteiger partial charge < -0.3 is 9.80 Å². The maximum atomic E-state index is 12.8. The van der Waals surface area contributed by atoms with Crippen molar-refractivity contribution in [3.63, 3.8) is 0 Å². The van der Waals surface area contributed by atoms with Crippen molar-refractivity contribution in [3.8, 4) is 5.69 Å². The summed E-state index contributed by atoms with van der Waals surface area (Å²) in [6.45, 7) is 4.94. The van der Waals surface area contributed by atoms with Gasteiger partial charge in [0.15, 0.2) is 0 Å². The van der Waals surface area contributed by atoms with Crippen LogP contribution in [0.25, 0.3) is 5.69 Å². The van der Waals surface area contributed by atoms with Crippen LogP contribution in [0.5, 0.6) is 0 Å². The average molecular weight is 420 g/mol. The lowest BCUT2D eigenvalue weighted by Crippen LogP contribution is -2.57. The Bertz CT molecular complexity index is 963. The molecule has 0 spiro atoms. The lowest BCUT2D eigenvalue weighted by molar-refractivity contribution is -0.133. The average Bonchev–Trinajstić information content (AvgIpc) is 3.33. The highest BCUT2D eigenvalue weighted by Crippen LogP contribution is 2.18. The molecule has 3 heterocycles. The molecule has 154 valence electrons. The van der Waals surface area contributed by atoms with Crippen LogP contribution in [0.3, 0.4) is 0 Å². The van der Waals surface area contributed by atoms with E-state index < -0.39 is 11.7 Å². The Morgan fingerprint density at radius 1 is 1.03 bits per heavy atom. The van der Waals surface area contributed by atoms with Gasteiger partial charge in [0.05, 0.1) is 11.9 Å². The maximum Gasteiger partial charge on any atom is 0.377 e. The Morgan fingerprint density at radius 3 is 2.34 bits per heavy atom. The standard InChI is InChI=1S/C18H22ClN7O3/c1-13(24-8-2-3-16(24)27)22-9-11-23(12-10-22)17(28)26-18(29)25(20-21-26)15-6-4-14(19)5-7-15/h4-7,13H,2-3,8-12H2,1H3. The van der Waals surface area contributed by atoms with Gasteiger partial charge in [-0.3, -0.25) is 9.69 Å². The summed E-state index contributed by atoms with van der Waals surface area (Å²) in [4.78, 5) is 43.0. The van der Waals surface area contributed by atoms with E-state index >= 15 is 0 Å². The van der Waals surface area contributed by atoms with Crippen molar-refractivity contribution in [3.05, 3.63) is 39.8 Å². The van der Waals surface area contributed by atoms with E-state index in [0.717, 1.165) is 22.3 Å². The summed E-state index contributed by atoms with van der Waals surface area (Å²) in [5.41, 5.74) is -0.150. The number of tetrazole rings is 1. The predicted octanol–water partition coefficient (Wildman–Crippen LogP) is 0.636. The molecule has 2 aliphatic heterocycles. The van der Waals surface area contributed by atoms with E-state index in [-0.39, 0.29) is 12.1 Å². The molecule has 2 aromatic rings. The van der Waals surface area contributed by atoms with Crippen LogP contribution in [-0.2, 0) is 4.79 Å². The zero-order valence-electron chi connectivity index (χ0n) is 16.1. The van der Waals surface area contributed by atoms with Gasteiger partial charge in [-0.15, -0.1) is 4.68 Å². The van der Waals surface area contributed by atoms with Crippen LogP contribution in [0.2, 0.25) is 5.02 Å². The molecule has 29 heavy (non-hydrogen) atoms. The number of rotatable bonds is 3. The lowest BCUT2D eigenvalue weighted by atomic mass is 10.3. The number of benzene rings is 1. The predicted molar refractivity (Wildman–Crippen MR) is 105 cm³/mol. The minimum atomic E-state index is -0.629. The van der Waals surface area contributed by atoms with Crippen LogP contribution < -0.4 is 5.69 Å². The van der Waals surface area contributed by atoms with Gasteiger partial charge in [0.1, 0.15) is 0 Å². The number of likely N-dealkylation sites (tertiary alicyclic amines) is 1. The van der Waals surface area contributed by atoms with Gasteiger partial charge in [0.25, 0.3) is 0 Å². The zero-order chi connectivity index (χ0) is 20.5. The normalized spacial score (nSPS) is 19.0. The van der Waals surface area contributed by atoms with Crippen molar-refractivity contribution >= 4 is 23.5 Å². The first kappa shape index (κ1) is 19.6. The van der Waals surface area contributed by atoms with Gasteiger partial charge in [-0.2, -0.15) is 4.68 Å². The van der Waals surface area contributed by atoms with Gasteiger partial charge >= 0.3 is 11.7 Å². The Hall–Kier alpha value is -2.72. The Labute approximate surface area is 172 Å². The van der Waals surface area contributed by atoms with Gasteiger partial charge in [-0.05, 0) is 48.0 Å². The van der Waals surface area contributed by atoms with Crippen molar-refractivity contribution in [1.29, 1.82) is 0 Å². The summed E-state index contributed by atoms with van der Waals surface area (Å²) in [6.07, 6.45) is 1.51. The molecule has 1 unspecified atom stereocenters. The highest BCUT2D eigenvalue weighted by Gasteiger charge is 2.32. The van der Waals surface area contributed by atoms with Crippen LogP contribution >= 0.6 is 11.6 Å². The van der Waals surface area contributed by atoms with Crippen molar-refractivity contribution in [2.24, 2.45) is 0 Å². The molecule has 0 radical (unpaired) electrons. The van der Waals surface area contributed by atoms with E-state index in [2.05, 4.69) is 15.3 Å². The minimum absolute atomic E-state index is 0.00996. The smallest absolute Gasteiger partial charge is 0.327 e. The molecule has 2 fully saturated rings. The van der Waals surface area contributed by atoms with Crippen molar-refractivity contribution in [2.45, 2.75) is 25.9 Å². The summed E-state index contributed by atoms with van der Waals surface area (Å²) >= 11 is 5.86. The fourth-order valence-corrected chi connectivity index (χ4v) is 3.92. The molecule has 0 saturated carbocycles. The Balaban J connectivity index is 1.42. The third kappa shape index (κ3) is 3.77. The lowest BCUT2D eigenvalue weighted by Gasteiger charge is -2.40. The summed E-state index contributed by atoms with van der Waals surface area (Å²) in [5, 5.41) is 8.09. The number of carbonyl (C=O) groups excluding carboxylic acids is 2. The molecule has 0 aliphatic carbocycles. The van der Waals surface area contributed by atoms with Crippen LogP contribution in [0.4, 0.5) is 4.79 Å². The molecule has 1 aromatic heterocycles. The first-order valence-corrected chi connectivity index (χ1v) is 9.97. The molecule has 1 aromatic carbocycles. The molecule has 1 atom stereocenters. The molecule has 2 amide bonds. The SMILES string of the molecule is CC(N1CCN(C(=O)n2nnn(-c3ccc(Cl)cc3)c2=O)CC1)N1CCCC1=O. The van der Waals surface area contributed by atoms with Crippen LogP contribution in [0.1, 0.15) is 19.8 Å². The summed E-state index contributed by atoms with van der Waals surface area (Å²) in [7, 11) is 0. The van der Waals surface area contributed by atoms with Gasteiger partial charge in [-0.25, -0.2) is 9.59 Å². The molecule has 4 rings (SSSR count). The number of aromatic nitrogens is 4. The highest BCUT2D eigenvalue weighted by atomic mass is 35.5. The second-order valence-electron chi connectivity index (χ2n) is 7.19. The van der Waals surface area contributed by atoms with Crippen LogP contribution in [-0.4, -0.2) is 85.3 Å². The largest absolute Gasteiger partial charge is 0.377 e. The monoisotopic (exact) mass is 419 g/mol. The van der Waals surface area contributed by atoms with E-state index in [1.54, 1.807) is 29.2 Å². The molecule has 0 bridgehead atoms. The quantitative estimate of drug-likeness (QED) is 0.677. The Morgan fingerprint density at radius 2 is 1.72 bits per heavy atom. The van der Waals surface area contributed by atoms with Crippen LogP contribution in [0.15, 0.2) is 29.1 Å². The summed E-state index contributed by atoms with van der Waals surface area (Å²) in [6, 6.07) is 6.03. The number of nitrogens with zero attached hydrogens (tertiary/aromatic N) is 7. The second-order valence-corrected chi connectivity index (χ2v) is 7.63. The molecule has 2 saturated heterocycles. The molecule has 10 nitrogen and oxygen atoms in total. The van der Waals surface area contributed by atoms with Crippen LogP contribution in [0, 0.1) is 0 Å². The van der Waals surface area contributed by atoms with E-state index in [9.17, 15) is 14.4 Å². The first-order valence-electron chi connectivity index (χ1n) is 9.59. The number of halogens is 1. The van der Waals surface area contributed by atoms with E-state index in [4.69, 9.17) is 11.6 Å². The van der Waals surface area contributed by atoms with E-state index in [1.807, 2.05) is 11.8 Å². The second kappa shape index (κ2) is 7.96. The minimum Gasteiger partial charge on any atom is -0.327 e. The fraction of sp³-hybridized carbons (Fsp3) is 0.500. The summed E-state index contributed by atoms with van der Waals surface area (Å²) in [5.74, 6) is 0.182. The maximum absolute atomic E-state index is 12.8. The molecule has 11 heteroatoms. The third-order valence-corrected chi connectivity index (χ3v) is 5.76. The highest BCUT2D eigenvalue weighted by molar-refractivity contribution is 6.30. The third-order valence-electron chi connectivity index (χ3n) is 5.51. The molecular weight excluding hydrogens is 398 g/mol. The molecule has 2 aliphatic rings. The number of carbonyl (C=O) groups is 2. The number of piperazine rings is 1. The molecule has 0 N–H and O–H groups in total. The summed E-state index contributed by atoms with van der Waals surface area (Å²) < 4.78 is 1.84. The van der Waals surface area contributed by atoms with Gasteiger partial charge in [0.2, 0.25) is 5.91 Å². The first-order chi connectivity index (χ1) is 14.0. The van der Waals surface area contributed by atoms with Gasteiger partial charge in [0, 0.05) is 44.2 Å². The number of hydrogen-bond donors (Lipinski definition) is 0. The van der Waals surface area contributed by atoms with Crippen molar-refractivity contribution in [2.75, 3.05) is 32.7 Å². The van der Waals surface area contributed by atoms with E-state index in [1.165, 1.54) is 0 Å². The number of amides is 2. The fourth-order valence-electron chi connectivity index (χ4n) is 3.79. The Kier molecular flexibility index (Phi) is 5.37. The number of hydrogen-bond acceptors (Lipinski definition) is 6. The molecular formula is C18H22ClN7O3. The topological polar surface area (TPSA) is 96.6 Å². The van der Waals surface area contributed by atoms with Crippen molar-refractivity contribution < 1.29 is 9.59 Å². The van der Waals surface area contributed by atoms with Crippen molar-refractivity contribution in [1.82, 2.24) is 34.5 Å². The zero-order valence-corrected chi connectivity index (χ0v) is 16.8.